The molecule has 0 aliphatic carbocycles. The van der Waals surface area contributed by atoms with Crippen LogP contribution in [0.2, 0.25) is 0 Å². The fraction of sp³-hybridized carbons (Fsp3) is 0.667. The van der Waals surface area contributed by atoms with Crippen LogP contribution < -0.4 is 5.32 Å². The van der Waals surface area contributed by atoms with E-state index < -0.39 is 0 Å². The van der Waals surface area contributed by atoms with Crippen molar-refractivity contribution in [2.24, 2.45) is 11.8 Å². The number of likely N-dealkylation sites (tertiary alicyclic amines) is 1. The molecule has 0 aromatic heterocycles. The minimum absolute atomic E-state index is 0.698. The molecule has 2 rings (SSSR count). The predicted octanol–water partition coefficient (Wildman–Crippen LogP) is 3.31. The van der Waals surface area contributed by atoms with E-state index in [0.29, 0.717) is 6.04 Å². The third-order valence-corrected chi connectivity index (χ3v) is 4.86. The van der Waals surface area contributed by atoms with Gasteiger partial charge in [-0.15, -0.1) is 0 Å². The van der Waals surface area contributed by atoms with E-state index in [1.165, 1.54) is 24.1 Å². The van der Waals surface area contributed by atoms with Gasteiger partial charge in [-0.1, -0.05) is 38.1 Å². The Balaban J connectivity index is 2.08. The number of hydrogen-bond acceptors (Lipinski definition) is 2. The van der Waals surface area contributed by atoms with Crippen molar-refractivity contribution in [3.05, 3.63) is 35.4 Å². The third-order valence-electron chi connectivity index (χ3n) is 4.86. The van der Waals surface area contributed by atoms with Gasteiger partial charge in [-0.05, 0) is 56.3 Å². The molecule has 0 amide bonds. The Labute approximate surface area is 124 Å². The van der Waals surface area contributed by atoms with Gasteiger partial charge in [0.2, 0.25) is 0 Å². The molecule has 3 unspecified atom stereocenters. The number of nitrogens with one attached hydrogen (secondary N) is 1. The maximum atomic E-state index is 3.26. The normalized spacial score (nSPS) is 27.7. The largest absolute Gasteiger partial charge is 0.319 e. The van der Waals surface area contributed by atoms with Crippen LogP contribution >= 0.6 is 0 Å². The maximum absolute atomic E-state index is 3.26. The summed E-state index contributed by atoms with van der Waals surface area (Å²) in [7, 11) is 2.03. The van der Waals surface area contributed by atoms with Crippen molar-refractivity contribution < 1.29 is 0 Å². The van der Waals surface area contributed by atoms with E-state index in [9.17, 15) is 0 Å². The average molecular weight is 274 g/mol. The molecule has 1 heterocycles. The van der Waals surface area contributed by atoms with E-state index in [0.717, 1.165) is 31.3 Å². The van der Waals surface area contributed by atoms with Crippen LogP contribution in [-0.2, 0) is 13.0 Å². The summed E-state index contributed by atoms with van der Waals surface area (Å²) in [4.78, 5) is 2.68. The zero-order chi connectivity index (χ0) is 14.5. The minimum Gasteiger partial charge on any atom is -0.319 e. The Bertz CT molecular complexity index is 416. The molecule has 0 radical (unpaired) electrons. The topological polar surface area (TPSA) is 15.3 Å². The first kappa shape index (κ1) is 15.5. The molecule has 1 aliphatic heterocycles. The van der Waals surface area contributed by atoms with E-state index in [1.807, 2.05) is 7.05 Å². The summed E-state index contributed by atoms with van der Waals surface area (Å²) in [6, 6.07) is 9.64. The van der Waals surface area contributed by atoms with Crippen LogP contribution in [-0.4, -0.2) is 31.1 Å². The molecule has 1 fully saturated rings. The molecule has 0 saturated carbocycles. The molecule has 112 valence electrons. The van der Waals surface area contributed by atoms with Gasteiger partial charge in [0.1, 0.15) is 0 Å². The predicted molar refractivity (Wildman–Crippen MR) is 86.9 cm³/mol. The van der Waals surface area contributed by atoms with Crippen molar-refractivity contribution in [2.75, 3.05) is 20.1 Å². The highest BCUT2D eigenvalue weighted by Crippen LogP contribution is 2.28. The first-order valence-electron chi connectivity index (χ1n) is 8.07. The zero-order valence-electron chi connectivity index (χ0n) is 13.5. The highest BCUT2D eigenvalue weighted by atomic mass is 15.2. The lowest BCUT2D eigenvalue weighted by Gasteiger charge is -2.41. The van der Waals surface area contributed by atoms with E-state index in [-0.39, 0.29) is 0 Å². The Hall–Kier alpha value is -0.860. The van der Waals surface area contributed by atoms with Crippen LogP contribution in [0.4, 0.5) is 0 Å². The summed E-state index contributed by atoms with van der Waals surface area (Å²) in [5, 5.41) is 3.26. The molecule has 20 heavy (non-hydrogen) atoms. The average Bonchev–Trinajstić information content (AvgIpc) is 2.43. The van der Waals surface area contributed by atoms with E-state index >= 15 is 0 Å². The number of benzene rings is 1. The molecular weight excluding hydrogens is 244 g/mol. The lowest BCUT2D eigenvalue weighted by Crippen LogP contribution is -2.45. The van der Waals surface area contributed by atoms with Gasteiger partial charge in [-0.2, -0.15) is 0 Å². The number of rotatable bonds is 5. The van der Waals surface area contributed by atoms with Crippen LogP contribution in [0, 0.1) is 11.8 Å². The number of piperidine rings is 1. The molecule has 1 aromatic rings. The molecule has 1 aliphatic rings. The molecule has 2 nitrogen and oxygen atoms in total. The van der Waals surface area contributed by atoms with E-state index in [2.05, 4.69) is 55.3 Å². The van der Waals surface area contributed by atoms with Crippen molar-refractivity contribution in [2.45, 2.75) is 46.2 Å². The van der Waals surface area contributed by atoms with Gasteiger partial charge in [0.15, 0.2) is 0 Å². The van der Waals surface area contributed by atoms with Crippen LogP contribution in [0.25, 0.3) is 0 Å². The second-order valence-corrected chi connectivity index (χ2v) is 6.61. The van der Waals surface area contributed by atoms with Crippen molar-refractivity contribution in [3.63, 3.8) is 0 Å². The Morgan fingerprint density at radius 1 is 1.15 bits per heavy atom. The second-order valence-electron chi connectivity index (χ2n) is 6.61. The quantitative estimate of drug-likeness (QED) is 0.886. The molecule has 1 aromatic carbocycles. The first-order valence-corrected chi connectivity index (χ1v) is 8.07. The molecule has 0 spiro atoms. The minimum atomic E-state index is 0.698. The Morgan fingerprint density at radius 3 is 2.55 bits per heavy atom. The SMILES string of the molecule is CNCCc1ccccc1CN1CC(C)CC(C)C1C. The van der Waals surface area contributed by atoms with Gasteiger partial charge in [0, 0.05) is 19.1 Å². The molecule has 1 saturated heterocycles. The second kappa shape index (κ2) is 7.24. The van der Waals surface area contributed by atoms with Crippen molar-refractivity contribution in [3.8, 4) is 0 Å². The highest BCUT2D eigenvalue weighted by Gasteiger charge is 2.28. The summed E-state index contributed by atoms with van der Waals surface area (Å²) in [6.07, 6.45) is 2.50. The van der Waals surface area contributed by atoms with Gasteiger partial charge < -0.3 is 5.32 Å². The van der Waals surface area contributed by atoms with Crippen molar-refractivity contribution >= 4 is 0 Å². The fourth-order valence-corrected chi connectivity index (χ4v) is 3.48. The maximum Gasteiger partial charge on any atom is 0.0239 e. The molecule has 1 N–H and O–H groups in total. The monoisotopic (exact) mass is 274 g/mol. The summed E-state index contributed by atoms with van der Waals surface area (Å²) in [5.74, 6) is 1.63. The summed E-state index contributed by atoms with van der Waals surface area (Å²) >= 11 is 0. The Morgan fingerprint density at radius 2 is 1.85 bits per heavy atom. The van der Waals surface area contributed by atoms with Crippen LogP contribution in [0.3, 0.4) is 0 Å². The molecule has 2 heteroatoms. The van der Waals surface area contributed by atoms with E-state index in [4.69, 9.17) is 0 Å². The zero-order valence-corrected chi connectivity index (χ0v) is 13.5. The third kappa shape index (κ3) is 3.83. The van der Waals surface area contributed by atoms with E-state index in [1.54, 1.807) is 0 Å². The smallest absolute Gasteiger partial charge is 0.0239 e. The lowest BCUT2D eigenvalue weighted by molar-refractivity contribution is 0.0727. The van der Waals surface area contributed by atoms with Gasteiger partial charge >= 0.3 is 0 Å². The standard InChI is InChI=1S/C18H30N2/c1-14-11-15(2)16(3)20(12-14)13-18-8-6-5-7-17(18)9-10-19-4/h5-8,14-16,19H,9-13H2,1-4H3. The lowest BCUT2D eigenvalue weighted by atomic mass is 9.85. The highest BCUT2D eigenvalue weighted by molar-refractivity contribution is 5.27. The summed E-state index contributed by atoms with van der Waals surface area (Å²) < 4.78 is 0. The van der Waals surface area contributed by atoms with Gasteiger partial charge in [0.25, 0.3) is 0 Å². The summed E-state index contributed by atoms with van der Waals surface area (Å²) in [6.45, 7) is 10.6. The number of hydrogen-bond donors (Lipinski definition) is 1. The van der Waals surface area contributed by atoms with Crippen molar-refractivity contribution in [1.29, 1.82) is 0 Å². The van der Waals surface area contributed by atoms with Gasteiger partial charge in [-0.25, -0.2) is 0 Å². The number of likely N-dealkylation sites (N-methyl/N-ethyl adjacent to an activating group) is 1. The van der Waals surface area contributed by atoms with Gasteiger partial charge in [-0.3, -0.25) is 4.90 Å². The van der Waals surface area contributed by atoms with Crippen LogP contribution in [0.1, 0.15) is 38.3 Å². The Kier molecular flexibility index (Phi) is 5.62. The first-order chi connectivity index (χ1) is 9.61. The van der Waals surface area contributed by atoms with Crippen molar-refractivity contribution in [1.82, 2.24) is 10.2 Å². The molecular formula is C18H30N2. The van der Waals surface area contributed by atoms with Crippen LogP contribution in [0.5, 0.6) is 0 Å². The number of nitrogens with zero attached hydrogens (tertiary/aromatic N) is 1. The summed E-state index contributed by atoms with van der Waals surface area (Å²) in [5.41, 5.74) is 3.01. The molecule has 3 atom stereocenters. The van der Waals surface area contributed by atoms with Gasteiger partial charge in [0.05, 0.1) is 0 Å². The van der Waals surface area contributed by atoms with Crippen LogP contribution in [0.15, 0.2) is 24.3 Å². The fourth-order valence-electron chi connectivity index (χ4n) is 3.48. The molecule has 0 bridgehead atoms.